The van der Waals surface area contributed by atoms with E-state index in [2.05, 4.69) is 0 Å². The van der Waals surface area contributed by atoms with Crippen LogP contribution in [0.5, 0.6) is 0 Å². The molecule has 2 nitrogen and oxygen atoms in total. The van der Waals surface area contributed by atoms with Crippen LogP contribution in [0.4, 0.5) is 4.39 Å². The van der Waals surface area contributed by atoms with Crippen molar-refractivity contribution >= 4 is 28.9 Å². The Morgan fingerprint density at radius 1 is 1.38 bits per heavy atom. The lowest BCUT2D eigenvalue weighted by molar-refractivity contribution is 0.0697. The summed E-state index contributed by atoms with van der Waals surface area (Å²) in [5.74, 6) is -1.40. The Hall–Kier alpha value is -1.39. The summed E-state index contributed by atoms with van der Waals surface area (Å²) in [6.07, 6.45) is 0. The Bertz CT molecular complexity index is 551. The number of halogens is 2. The zero-order valence-electron chi connectivity index (χ0n) is 7.91. The van der Waals surface area contributed by atoms with Crippen molar-refractivity contribution in [2.24, 2.45) is 0 Å². The number of hydrogen-bond donors (Lipinski definition) is 1. The maximum absolute atomic E-state index is 13.0. The first-order valence-corrected chi connectivity index (χ1v) is 5.61. The topological polar surface area (TPSA) is 37.3 Å². The SMILES string of the molecule is O=C(O)c1csc(-c2cc(F)ccc2Cl)c1. The number of benzene rings is 1. The molecule has 5 heteroatoms. The molecule has 0 radical (unpaired) electrons. The van der Waals surface area contributed by atoms with Crippen LogP contribution in [0.1, 0.15) is 10.4 Å². The van der Waals surface area contributed by atoms with Gasteiger partial charge in [0.05, 0.1) is 5.56 Å². The second-order valence-electron chi connectivity index (χ2n) is 3.13. The Morgan fingerprint density at radius 2 is 2.12 bits per heavy atom. The normalized spacial score (nSPS) is 10.4. The van der Waals surface area contributed by atoms with E-state index in [0.29, 0.717) is 15.5 Å². The van der Waals surface area contributed by atoms with E-state index in [1.165, 1.54) is 41.0 Å². The zero-order chi connectivity index (χ0) is 11.7. The molecule has 0 unspecified atom stereocenters. The fourth-order valence-corrected chi connectivity index (χ4v) is 2.46. The minimum Gasteiger partial charge on any atom is -0.478 e. The Balaban J connectivity index is 2.50. The Kier molecular flexibility index (Phi) is 2.94. The molecule has 0 amide bonds. The molecule has 16 heavy (non-hydrogen) atoms. The second-order valence-corrected chi connectivity index (χ2v) is 4.45. The van der Waals surface area contributed by atoms with Gasteiger partial charge in [-0.1, -0.05) is 11.6 Å². The molecule has 0 saturated heterocycles. The lowest BCUT2D eigenvalue weighted by Crippen LogP contribution is -1.91. The van der Waals surface area contributed by atoms with E-state index in [1.54, 1.807) is 0 Å². The van der Waals surface area contributed by atoms with Crippen LogP contribution >= 0.6 is 22.9 Å². The molecule has 82 valence electrons. The van der Waals surface area contributed by atoms with Crippen molar-refractivity contribution < 1.29 is 14.3 Å². The van der Waals surface area contributed by atoms with Crippen LogP contribution in [0.15, 0.2) is 29.6 Å². The molecule has 0 saturated carbocycles. The first-order chi connectivity index (χ1) is 7.58. The first kappa shape index (κ1) is 11.1. The molecule has 1 aromatic heterocycles. The third-order valence-electron chi connectivity index (χ3n) is 2.04. The molecule has 1 aromatic carbocycles. The van der Waals surface area contributed by atoms with Crippen LogP contribution in [0.3, 0.4) is 0 Å². The molecule has 1 heterocycles. The summed E-state index contributed by atoms with van der Waals surface area (Å²) in [6.45, 7) is 0. The van der Waals surface area contributed by atoms with Crippen LogP contribution in [0, 0.1) is 5.82 Å². The zero-order valence-corrected chi connectivity index (χ0v) is 9.48. The molecule has 0 spiro atoms. The van der Waals surface area contributed by atoms with Crippen LogP contribution in [0.25, 0.3) is 10.4 Å². The summed E-state index contributed by atoms with van der Waals surface area (Å²) in [7, 11) is 0. The molecular weight excluding hydrogens is 251 g/mol. The highest BCUT2D eigenvalue weighted by atomic mass is 35.5. The van der Waals surface area contributed by atoms with Gasteiger partial charge in [0, 0.05) is 20.8 Å². The summed E-state index contributed by atoms with van der Waals surface area (Å²) in [6, 6.07) is 5.48. The Labute approximate surface area is 99.9 Å². The minimum absolute atomic E-state index is 0.181. The second kappa shape index (κ2) is 4.23. The van der Waals surface area contributed by atoms with E-state index in [1.807, 2.05) is 0 Å². The van der Waals surface area contributed by atoms with E-state index in [-0.39, 0.29) is 5.56 Å². The van der Waals surface area contributed by atoms with Crippen LogP contribution < -0.4 is 0 Å². The maximum atomic E-state index is 13.0. The summed E-state index contributed by atoms with van der Waals surface area (Å²) in [5, 5.41) is 10.7. The molecule has 1 N–H and O–H groups in total. The van der Waals surface area contributed by atoms with E-state index >= 15 is 0 Å². The molecule has 0 atom stereocenters. The minimum atomic E-state index is -1.00. The van der Waals surface area contributed by atoms with Gasteiger partial charge in [-0.25, -0.2) is 9.18 Å². The van der Waals surface area contributed by atoms with Crippen LogP contribution in [0.2, 0.25) is 5.02 Å². The van der Waals surface area contributed by atoms with Crippen molar-refractivity contribution in [2.75, 3.05) is 0 Å². The van der Waals surface area contributed by atoms with E-state index in [0.717, 1.165) is 0 Å². The number of carboxylic acid groups (broad SMARTS) is 1. The van der Waals surface area contributed by atoms with E-state index in [9.17, 15) is 9.18 Å². The molecule has 0 aliphatic carbocycles. The summed E-state index contributed by atoms with van der Waals surface area (Å²) >= 11 is 7.13. The van der Waals surface area contributed by atoms with Gasteiger partial charge in [0.15, 0.2) is 0 Å². The van der Waals surface area contributed by atoms with Gasteiger partial charge < -0.3 is 5.11 Å². The van der Waals surface area contributed by atoms with Crippen LogP contribution in [-0.2, 0) is 0 Å². The van der Waals surface area contributed by atoms with Gasteiger partial charge in [-0.15, -0.1) is 11.3 Å². The molecule has 0 bridgehead atoms. The van der Waals surface area contributed by atoms with Crippen molar-refractivity contribution in [2.45, 2.75) is 0 Å². The van der Waals surface area contributed by atoms with Gasteiger partial charge in [0.1, 0.15) is 5.82 Å². The van der Waals surface area contributed by atoms with Crippen molar-refractivity contribution in [1.29, 1.82) is 0 Å². The number of aromatic carboxylic acids is 1. The summed E-state index contributed by atoms with van der Waals surface area (Å²) in [5.41, 5.74) is 0.694. The summed E-state index contributed by atoms with van der Waals surface area (Å²) < 4.78 is 13.0. The van der Waals surface area contributed by atoms with Gasteiger partial charge in [-0.3, -0.25) is 0 Å². The van der Waals surface area contributed by atoms with Gasteiger partial charge in [-0.2, -0.15) is 0 Å². The predicted molar refractivity (Wildman–Crippen MR) is 61.7 cm³/mol. The monoisotopic (exact) mass is 256 g/mol. The predicted octanol–water partition coefficient (Wildman–Crippen LogP) is 3.91. The van der Waals surface area contributed by atoms with Gasteiger partial charge >= 0.3 is 5.97 Å². The molecule has 0 fully saturated rings. The number of thiophene rings is 1. The molecule has 0 aliphatic heterocycles. The summed E-state index contributed by atoms with van der Waals surface area (Å²) in [4.78, 5) is 11.3. The molecule has 0 aliphatic rings. The van der Waals surface area contributed by atoms with Gasteiger partial charge in [-0.05, 0) is 24.3 Å². The van der Waals surface area contributed by atoms with Crippen molar-refractivity contribution in [3.8, 4) is 10.4 Å². The smallest absolute Gasteiger partial charge is 0.336 e. The average Bonchev–Trinajstić information content (AvgIpc) is 2.70. The lowest BCUT2D eigenvalue weighted by Gasteiger charge is -2.00. The molecular formula is C11H6ClFO2S. The van der Waals surface area contributed by atoms with Crippen molar-refractivity contribution in [1.82, 2.24) is 0 Å². The van der Waals surface area contributed by atoms with E-state index in [4.69, 9.17) is 16.7 Å². The number of hydrogen-bond acceptors (Lipinski definition) is 2. The third-order valence-corrected chi connectivity index (χ3v) is 3.33. The first-order valence-electron chi connectivity index (χ1n) is 4.35. The average molecular weight is 257 g/mol. The number of carbonyl (C=O) groups is 1. The quantitative estimate of drug-likeness (QED) is 0.885. The fourth-order valence-electron chi connectivity index (χ4n) is 1.28. The number of rotatable bonds is 2. The lowest BCUT2D eigenvalue weighted by atomic mass is 10.1. The van der Waals surface area contributed by atoms with Crippen LogP contribution in [-0.4, -0.2) is 11.1 Å². The Morgan fingerprint density at radius 3 is 2.75 bits per heavy atom. The highest BCUT2D eigenvalue weighted by molar-refractivity contribution is 7.14. The van der Waals surface area contributed by atoms with E-state index < -0.39 is 11.8 Å². The maximum Gasteiger partial charge on any atom is 0.336 e. The third kappa shape index (κ3) is 2.08. The van der Waals surface area contributed by atoms with Gasteiger partial charge in [0.2, 0.25) is 0 Å². The highest BCUT2D eigenvalue weighted by Crippen LogP contribution is 2.33. The number of carboxylic acids is 1. The standard InChI is InChI=1S/C11H6ClFO2S/c12-9-2-1-7(13)4-8(9)10-3-6(5-16-10)11(14)15/h1-5H,(H,14,15). The highest BCUT2D eigenvalue weighted by Gasteiger charge is 2.11. The molecule has 2 rings (SSSR count). The fraction of sp³-hybridized carbons (Fsp3) is 0. The largest absolute Gasteiger partial charge is 0.478 e. The molecule has 2 aromatic rings. The van der Waals surface area contributed by atoms with Crippen molar-refractivity contribution in [3.63, 3.8) is 0 Å². The van der Waals surface area contributed by atoms with Crippen molar-refractivity contribution in [3.05, 3.63) is 46.0 Å². The van der Waals surface area contributed by atoms with Gasteiger partial charge in [0.25, 0.3) is 0 Å².